The zero-order valence-corrected chi connectivity index (χ0v) is 21.3. The Hall–Kier alpha value is -3.53. The summed E-state index contributed by atoms with van der Waals surface area (Å²) in [6.45, 7) is 5.12. The number of pyridine rings is 1. The first kappa shape index (κ1) is 25.1. The van der Waals surface area contributed by atoms with Gasteiger partial charge in [0.15, 0.2) is 0 Å². The van der Waals surface area contributed by atoms with Gasteiger partial charge < -0.3 is 19.9 Å². The van der Waals surface area contributed by atoms with Crippen LogP contribution in [-0.4, -0.2) is 65.1 Å². The van der Waals surface area contributed by atoms with Crippen molar-refractivity contribution < 1.29 is 13.9 Å². The van der Waals surface area contributed by atoms with Gasteiger partial charge in [-0.2, -0.15) is 4.39 Å². The molecule has 1 amide bonds. The number of benzene rings is 1. The summed E-state index contributed by atoms with van der Waals surface area (Å²) in [5.74, 6) is -0.328. The third-order valence-corrected chi connectivity index (χ3v) is 7.24. The van der Waals surface area contributed by atoms with E-state index in [0.717, 1.165) is 37.2 Å². The van der Waals surface area contributed by atoms with Crippen LogP contribution in [0.2, 0.25) is 0 Å². The van der Waals surface area contributed by atoms with Crippen LogP contribution in [0.3, 0.4) is 0 Å². The quantitative estimate of drug-likeness (QED) is 0.493. The number of carbonyl (C=O) groups is 1. The van der Waals surface area contributed by atoms with Gasteiger partial charge >= 0.3 is 0 Å². The van der Waals surface area contributed by atoms with Crippen molar-refractivity contribution in [2.45, 2.75) is 51.7 Å². The van der Waals surface area contributed by atoms with Gasteiger partial charge in [0.05, 0.1) is 17.3 Å². The second-order valence-electron chi connectivity index (χ2n) is 9.87. The monoisotopic (exact) mass is 508 g/mol. The highest BCUT2D eigenvalue weighted by molar-refractivity contribution is 5.92. The van der Waals surface area contributed by atoms with E-state index < -0.39 is 11.9 Å². The Morgan fingerprint density at radius 1 is 1.14 bits per heavy atom. The summed E-state index contributed by atoms with van der Waals surface area (Å²) in [5, 5.41) is 2.46. The molecule has 1 aliphatic carbocycles. The Morgan fingerprint density at radius 3 is 2.59 bits per heavy atom. The third kappa shape index (κ3) is 5.58. The number of anilines is 1. The molecule has 0 spiro atoms. The molecule has 3 heterocycles. The minimum atomic E-state index is -0.639. The minimum absolute atomic E-state index is 0.0627. The van der Waals surface area contributed by atoms with Gasteiger partial charge in [0.2, 0.25) is 5.95 Å². The lowest BCUT2D eigenvalue weighted by atomic mass is 9.98. The van der Waals surface area contributed by atoms with Crippen LogP contribution in [0.1, 0.15) is 53.8 Å². The molecule has 1 aromatic carbocycles. The summed E-state index contributed by atoms with van der Waals surface area (Å²) in [5.41, 5.74) is 3.11. The van der Waals surface area contributed by atoms with Crippen LogP contribution in [0, 0.1) is 12.9 Å². The van der Waals surface area contributed by atoms with Gasteiger partial charge in [-0.3, -0.25) is 14.5 Å². The van der Waals surface area contributed by atoms with E-state index in [1.54, 1.807) is 19.1 Å². The summed E-state index contributed by atoms with van der Waals surface area (Å²) < 4.78 is 21.1. The van der Waals surface area contributed by atoms with Gasteiger partial charge in [0, 0.05) is 39.8 Å². The number of rotatable bonds is 6. The number of amides is 1. The van der Waals surface area contributed by atoms with Crippen molar-refractivity contribution in [1.82, 2.24) is 25.2 Å². The van der Waals surface area contributed by atoms with Crippen molar-refractivity contribution in [1.29, 1.82) is 0 Å². The number of aryl methyl sites for hydroxylation is 1. The average molecular weight is 509 g/mol. The first-order valence-corrected chi connectivity index (χ1v) is 13.0. The Morgan fingerprint density at radius 2 is 1.89 bits per heavy atom. The molecule has 3 aromatic rings. The lowest BCUT2D eigenvalue weighted by Crippen LogP contribution is -2.46. The van der Waals surface area contributed by atoms with E-state index in [9.17, 15) is 14.0 Å². The Bertz CT molecular complexity index is 1350. The van der Waals surface area contributed by atoms with Crippen molar-refractivity contribution in [2.24, 2.45) is 0 Å². The lowest BCUT2D eigenvalue weighted by Gasteiger charge is -2.36. The molecule has 10 heteroatoms. The molecule has 5 rings (SSSR count). The van der Waals surface area contributed by atoms with E-state index in [4.69, 9.17) is 4.74 Å². The number of fused-ring (bicyclic) bond motifs is 1. The van der Waals surface area contributed by atoms with Gasteiger partial charge in [0.25, 0.3) is 11.5 Å². The van der Waals surface area contributed by atoms with E-state index >= 15 is 0 Å². The zero-order valence-electron chi connectivity index (χ0n) is 21.3. The molecule has 9 nitrogen and oxygen atoms in total. The predicted molar refractivity (Wildman–Crippen MR) is 140 cm³/mol. The van der Waals surface area contributed by atoms with E-state index in [-0.39, 0.29) is 17.4 Å². The molecular formula is C27H33FN6O3. The molecule has 2 aromatic heterocycles. The zero-order chi connectivity index (χ0) is 25.9. The third-order valence-electron chi connectivity index (χ3n) is 7.24. The number of hydrogen-bond acceptors (Lipinski definition) is 7. The Balaban J connectivity index is 1.31. The van der Waals surface area contributed by atoms with Gasteiger partial charge in [-0.05, 0) is 62.4 Å². The van der Waals surface area contributed by atoms with Crippen molar-refractivity contribution in [3.05, 3.63) is 57.5 Å². The maximum absolute atomic E-state index is 14.6. The van der Waals surface area contributed by atoms with Crippen molar-refractivity contribution in [3.63, 3.8) is 0 Å². The fourth-order valence-corrected chi connectivity index (χ4v) is 5.17. The SMILES string of the molecule is CNC(=O)c1ccc(N2CCN(Cc3cc(OC4CCCCC4)c4nc(C)c(=O)[nH]c4c3)CC2)c(F)n1. The summed E-state index contributed by atoms with van der Waals surface area (Å²) in [7, 11) is 1.49. The van der Waals surface area contributed by atoms with Crippen molar-refractivity contribution >= 4 is 22.6 Å². The maximum Gasteiger partial charge on any atom is 0.269 e. The number of hydrogen-bond donors (Lipinski definition) is 2. The van der Waals surface area contributed by atoms with E-state index in [1.165, 1.54) is 26.3 Å². The number of carbonyl (C=O) groups excluding carboxylic acids is 1. The van der Waals surface area contributed by atoms with E-state index in [1.807, 2.05) is 11.0 Å². The number of piperazine rings is 1. The second-order valence-corrected chi connectivity index (χ2v) is 9.87. The highest BCUT2D eigenvalue weighted by atomic mass is 19.1. The number of nitrogens with zero attached hydrogens (tertiary/aromatic N) is 4. The smallest absolute Gasteiger partial charge is 0.269 e. The predicted octanol–water partition coefficient (Wildman–Crippen LogP) is 3.16. The van der Waals surface area contributed by atoms with Crippen LogP contribution in [0.15, 0.2) is 29.1 Å². The molecule has 1 saturated heterocycles. The van der Waals surface area contributed by atoms with Gasteiger partial charge in [-0.25, -0.2) is 9.97 Å². The number of H-pyrrole nitrogens is 1. The highest BCUT2D eigenvalue weighted by Crippen LogP contribution is 2.30. The molecule has 196 valence electrons. The molecule has 0 radical (unpaired) electrons. The van der Waals surface area contributed by atoms with Gasteiger partial charge in [0.1, 0.15) is 22.7 Å². The highest BCUT2D eigenvalue weighted by Gasteiger charge is 2.23. The fraction of sp³-hybridized carbons (Fsp3) is 0.481. The molecule has 1 aliphatic heterocycles. The van der Waals surface area contributed by atoms with Gasteiger partial charge in [-0.1, -0.05) is 6.42 Å². The largest absolute Gasteiger partial charge is 0.488 e. The summed E-state index contributed by atoms with van der Waals surface area (Å²) in [4.78, 5) is 39.6. The second kappa shape index (κ2) is 10.8. The van der Waals surface area contributed by atoms with Crippen molar-refractivity contribution in [3.8, 4) is 5.75 Å². The average Bonchev–Trinajstić information content (AvgIpc) is 2.90. The van der Waals surface area contributed by atoms with Crippen LogP contribution in [0.5, 0.6) is 5.75 Å². The number of ether oxygens (including phenoxy) is 1. The molecule has 2 aliphatic rings. The molecule has 37 heavy (non-hydrogen) atoms. The number of aromatic amines is 1. The normalized spacial score (nSPS) is 17.2. The van der Waals surface area contributed by atoms with Crippen molar-refractivity contribution in [2.75, 3.05) is 38.1 Å². The molecular weight excluding hydrogens is 475 g/mol. The summed E-state index contributed by atoms with van der Waals surface area (Å²) in [6, 6.07) is 7.19. The first-order chi connectivity index (χ1) is 17.9. The molecule has 2 N–H and O–H groups in total. The van der Waals surface area contributed by atoms with Crippen LogP contribution in [0.4, 0.5) is 10.1 Å². The minimum Gasteiger partial charge on any atom is -0.488 e. The van der Waals surface area contributed by atoms with E-state index in [2.05, 4.69) is 31.2 Å². The van der Waals surface area contributed by atoms with Crippen LogP contribution >= 0.6 is 0 Å². The number of aromatic nitrogens is 3. The topological polar surface area (TPSA) is 103 Å². The number of nitrogens with one attached hydrogen (secondary N) is 2. The number of halogens is 1. The first-order valence-electron chi connectivity index (χ1n) is 13.0. The molecule has 0 unspecified atom stereocenters. The van der Waals surface area contributed by atoms with E-state index in [0.29, 0.717) is 42.0 Å². The standard InChI is InChI=1S/C27H33FN6O3/c1-17-26(35)32-21-14-18(15-23(24(21)30-17)37-19-6-4-3-5-7-19)16-33-10-12-34(13-11-33)22-9-8-20(27(36)29-2)31-25(22)28/h8-9,14-15,19H,3-7,10-13,16H2,1-2H3,(H,29,36)(H,32,35). The molecule has 0 bridgehead atoms. The van der Waals surface area contributed by atoms with Crippen LogP contribution in [-0.2, 0) is 6.54 Å². The lowest BCUT2D eigenvalue weighted by molar-refractivity contribution is 0.0957. The maximum atomic E-state index is 14.6. The van der Waals surface area contributed by atoms with Crippen LogP contribution in [0.25, 0.3) is 11.0 Å². The Labute approximate surface area is 215 Å². The van der Waals surface area contributed by atoms with Crippen LogP contribution < -0.4 is 20.5 Å². The summed E-state index contributed by atoms with van der Waals surface area (Å²) >= 11 is 0. The Kier molecular flexibility index (Phi) is 7.36. The molecule has 0 atom stereocenters. The fourth-order valence-electron chi connectivity index (χ4n) is 5.17. The molecule has 1 saturated carbocycles. The molecule has 2 fully saturated rings. The van der Waals surface area contributed by atoms with Gasteiger partial charge in [-0.15, -0.1) is 0 Å². The summed E-state index contributed by atoms with van der Waals surface area (Å²) in [6.07, 6.45) is 5.82.